The second kappa shape index (κ2) is 4.77. The smallest absolute Gasteiger partial charge is 0.312 e. The van der Waals surface area contributed by atoms with E-state index in [0.717, 1.165) is 38.5 Å². The minimum absolute atomic E-state index is 0.0626. The van der Waals surface area contributed by atoms with E-state index in [1.165, 1.54) is 12.8 Å². The highest BCUT2D eigenvalue weighted by molar-refractivity contribution is 5.79. The summed E-state index contributed by atoms with van der Waals surface area (Å²) >= 11 is 0. The Morgan fingerprint density at radius 2 is 1.94 bits per heavy atom. The second-order valence-corrected chi connectivity index (χ2v) is 6.02. The second-order valence-electron chi connectivity index (χ2n) is 6.02. The molecule has 16 heavy (non-hydrogen) atoms. The SMILES string of the molecule is CC(C)CCC1(C(=O)OC2CCCC2)CC1. The van der Waals surface area contributed by atoms with Crippen molar-refractivity contribution in [3.63, 3.8) is 0 Å². The van der Waals surface area contributed by atoms with Crippen LogP contribution in [0.25, 0.3) is 0 Å². The molecule has 0 aromatic carbocycles. The molecule has 0 aromatic rings. The molecule has 2 nitrogen and oxygen atoms in total. The van der Waals surface area contributed by atoms with Crippen LogP contribution in [0.15, 0.2) is 0 Å². The van der Waals surface area contributed by atoms with Gasteiger partial charge >= 0.3 is 5.97 Å². The predicted octanol–water partition coefficient (Wildman–Crippen LogP) is 3.69. The molecule has 2 fully saturated rings. The molecular weight excluding hydrogens is 200 g/mol. The number of ether oxygens (including phenoxy) is 1. The van der Waals surface area contributed by atoms with Gasteiger partial charge in [0, 0.05) is 0 Å². The lowest BCUT2D eigenvalue weighted by atomic mass is 9.95. The van der Waals surface area contributed by atoms with Crippen LogP contribution in [0.2, 0.25) is 0 Å². The van der Waals surface area contributed by atoms with Crippen molar-refractivity contribution in [1.82, 2.24) is 0 Å². The number of esters is 1. The molecule has 2 aliphatic carbocycles. The topological polar surface area (TPSA) is 26.3 Å². The van der Waals surface area contributed by atoms with Crippen molar-refractivity contribution in [2.45, 2.75) is 71.3 Å². The first-order valence-corrected chi connectivity index (χ1v) is 6.83. The van der Waals surface area contributed by atoms with E-state index >= 15 is 0 Å². The van der Waals surface area contributed by atoms with Crippen LogP contribution in [-0.2, 0) is 9.53 Å². The molecule has 0 bridgehead atoms. The van der Waals surface area contributed by atoms with Gasteiger partial charge in [0.1, 0.15) is 6.10 Å². The standard InChI is InChI=1S/C14H24O2/c1-11(2)7-8-14(9-10-14)13(15)16-12-5-3-4-6-12/h11-12H,3-10H2,1-2H3. The maximum Gasteiger partial charge on any atom is 0.312 e. The fourth-order valence-corrected chi connectivity index (χ4v) is 2.55. The summed E-state index contributed by atoms with van der Waals surface area (Å²) < 4.78 is 5.63. The number of rotatable bonds is 5. The Balaban J connectivity index is 1.79. The van der Waals surface area contributed by atoms with Crippen molar-refractivity contribution < 1.29 is 9.53 Å². The van der Waals surface area contributed by atoms with Crippen molar-refractivity contribution in [3.05, 3.63) is 0 Å². The fourth-order valence-electron chi connectivity index (χ4n) is 2.55. The van der Waals surface area contributed by atoms with Gasteiger partial charge in [-0.3, -0.25) is 4.79 Å². The molecule has 0 unspecified atom stereocenters. The molecule has 2 aliphatic rings. The Kier molecular flexibility index (Phi) is 3.56. The molecule has 0 amide bonds. The highest BCUT2D eigenvalue weighted by Gasteiger charge is 2.51. The molecule has 2 heteroatoms. The minimum Gasteiger partial charge on any atom is -0.462 e. The number of carbonyl (C=O) groups is 1. The molecule has 0 aromatic heterocycles. The maximum atomic E-state index is 12.1. The van der Waals surface area contributed by atoms with Crippen molar-refractivity contribution >= 4 is 5.97 Å². The largest absolute Gasteiger partial charge is 0.462 e. The van der Waals surface area contributed by atoms with Crippen LogP contribution in [-0.4, -0.2) is 12.1 Å². The van der Waals surface area contributed by atoms with Gasteiger partial charge in [-0.05, 0) is 57.3 Å². The van der Waals surface area contributed by atoms with Crippen LogP contribution in [0.1, 0.15) is 65.2 Å². The molecular formula is C14H24O2. The molecule has 0 aliphatic heterocycles. The average Bonchev–Trinajstić information content (AvgIpc) is 2.88. The van der Waals surface area contributed by atoms with Gasteiger partial charge in [0.25, 0.3) is 0 Å². The Morgan fingerprint density at radius 3 is 2.44 bits per heavy atom. The normalized spacial score (nSPS) is 23.7. The Bertz CT molecular complexity index is 247. The summed E-state index contributed by atoms with van der Waals surface area (Å²) in [5.41, 5.74) is -0.0626. The lowest BCUT2D eigenvalue weighted by Crippen LogP contribution is -2.24. The zero-order valence-electron chi connectivity index (χ0n) is 10.6. The van der Waals surface area contributed by atoms with Crippen LogP contribution in [0.3, 0.4) is 0 Å². The monoisotopic (exact) mass is 224 g/mol. The minimum atomic E-state index is -0.0626. The van der Waals surface area contributed by atoms with Gasteiger partial charge in [-0.1, -0.05) is 13.8 Å². The van der Waals surface area contributed by atoms with E-state index < -0.39 is 0 Å². The molecule has 0 spiro atoms. The number of hydrogen-bond donors (Lipinski definition) is 0. The van der Waals surface area contributed by atoms with Gasteiger partial charge in [0.15, 0.2) is 0 Å². The summed E-state index contributed by atoms with van der Waals surface area (Å²) in [6, 6.07) is 0. The van der Waals surface area contributed by atoms with E-state index in [1.807, 2.05) is 0 Å². The first-order chi connectivity index (χ1) is 7.62. The van der Waals surface area contributed by atoms with Crippen LogP contribution < -0.4 is 0 Å². The molecule has 2 rings (SSSR count). The van der Waals surface area contributed by atoms with E-state index in [2.05, 4.69) is 13.8 Å². The van der Waals surface area contributed by atoms with Gasteiger partial charge in [-0.15, -0.1) is 0 Å². The highest BCUT2D eigenvalue weighted by atomic mass is 16.5. The highest BCUT2D eigenvalue weighted by Crippen LogP contribution is 2.51. The molecule has 0 radical (unpaired) electrons. The molecule has 92 valence electrons. The summed E-state index contributed by atoms with van der Waals surface area (Å²) in [5, 5.41) is 0. The van der Waals surface area contributed by atoms with Gasteiger partial charge in [-0.25, -0.2) is 0 Å². The van der Waals surface area contributed by atoms with Crippen molar-refractivity contribution in [3.8, 4) is 0 Å². The van der Waals surface area contributed by atoms with E-state index in [1.54, 1.807) is 0 Å². The zero-order chi connectivity index (χ0) is 11.6. The maximum absolute atomic E-state index is 12.1. The first-order valence-electron chi connectivity index (χ1n) is 6.83. The number of carbonyl (C=O) groups excluding carboxylic acids is 1. The average molecular weight is 224 g/mol. The van der Waals surface area contributed by atoms with Gasteiger partial charge in [0.2, 0.25) is 0 Å². The van der Waals surface area contributed by atoms with Gasteiger partial charge in [0.05, 0.1) is 5.41 Å². The Hall–Kier alpha value is -0.530. The lowest BCUT2D eigenvalue weighted by molar-refractivity contribution is -0.155. The Labute approximate surface area is 98.7 Å². The molecule has 0 atom stereocenters. The van der Waals surface area contributed by atoms with Crippen LogP contribution in [0, 0.1) is 11.3 Å². The zero-order valence-corrected chi connectivity index (χ0v) is 10.6. The van der Waals surface area contributed by atoms with E-state index in [4.69, 9.17) is 4.74 Å². The van der Waals surface area contributed by atoms with E-state index in [0.29, 0.717) is 5.92 Å². The fraction of sp³-hybridized carbons (Fsp3) is 0.929. The summed E-state index contributed by atoms with van der Waals surface area (Å²) in [7, 11) is 0. The summed E-state index contributed by atoms with van der Waals surface area (Å²) in [5.74, 6) is 0.803. The summed E-state index contributed by atoms with van der Waals surface area (Å²) in [6.07, 6.45) is 9.20. The molecule has 0 N–H and O–H groups in total. The number of hydrogen-bond acceptors (Lipinski definition) is 2. The lowest BCUT2D eigenvalue weighted by Gasteiger charge is -2.18. The van der Waals surface area contributed by atoms with Crippen LogP contribution >= 0.6 is 0 Å². The van der Waals surface area contributed by atoms with E-state index in [9.17, 15) is 4.79 Å². The third-order valence-corrected chi connectivity index (χ3v) is 4.06. The quantitative estimate of drug-likeness (QED) is 0.666. The first kappa shape index (κ1) is 11.9. The molecule has 0 heterocycles. The van der Waals surface area contributed by atoms with Crippen molar-refractivity contribution in [2.75, 3.05) is 0 Å². The molecule has 2 saturated carbocycles. The third kappa shape index (κ3) is 2.78. The summed E-state index contributed by atoms with van der Waals surface area (Å²) in [6.45, 7) is 4.44. The predicted molar refractivity (Wildman–Crippen MR) is 64.1 cm³/mol. The van der Waals surface area contributed by atoms with Gasteiger partial charge < -0.3 is 4.74 Å². The summed E-state index contributed by atoms with van der Waals surface area (Å²) in [4.78, 5) is 12.1. The third-order valence-electron chi connectivity index (χ3n) is 4.06. The molecule has 0 saturated heterocycles. The van der Waals surface area contributed by atoms with Crippen molar-refractivity contribution in [1.29, 1.82) is 0 Å². The van der Waals surface area contributed by atoms with E-state index in [-0.39, 0.29) is 17.5 Å². The van der Waals surface area contributed by atoms with Crippen molar-refractivity contribution in [2.24, 2.45) is 11.3 Å². The van der Waals surface area contributed by atoms with Gasteiger partial charge in [-0.2, -0.15) is 0 Å². The van der Waals surface area contributed by atoms with Crippen LogP contribution in [0.4, 0.5) is 0 Å². The Morgan fingerprint density at radius 1 is 1.31 bits per heavy atom. The van der Waals surface area contributed by atoms with Crippen LogP contribution in [0.5, 0.6) is 0 Å².